The molecule has 5 N–H and O–H groups in total. The molecule has 0 spiro atoms. The molecule has 1 atom stereocenters. The van der Waals surface area contributed by atoms with Crippen LogP contribution in [0, 0.1) is 0 Å². The second-order valence-corrected chi connectivity index (χ2v) is 11.0. The average Bonchev–Trinajstić information content (AvgIpc) is 3.72. The number of benzene rings is 2. The highest BCUT2D eigenvalue weighted by molar-refractivity contribution is 7.22. The zero-order valence-corrected chi connectivity index (χ0v) is 22.7. The summed E-state index contributed by atoms with van der Waals surface area (Å²) in [5, 5.41) is 20.7. The van der Waals surface area contributed by atoms with E-state index in [0.29, 0.717) is 34.1 Å². The molecular formula is C29H24N6O3S2. The molecule has 200 valence electrons. The SMILES string of the molecule is Nc1nc2ccc(CNC(=O)c3cccn4c(C(=O)NC[C@@H](O)c5ccccc5)c(-c5ccsc5)nc34)cc2s1. The van der Waals surface area contributed by atoms with Crippen LogP contribution in [-0.4, -0.2) is 37.8 Å². The average molecular weight is 569 g/mol. The van der Waals surface area contributed by atoms with Gasteiger partial charge in [-0.1, -0.05) is 47.7 Å². The predicted octanol–water partition coefficient (Wildman–Crippen LogP) is 4.65. The van der Waals surface area contributed by atoms with Crippen molar-refractivity contribution in [2.75, 3.05) is 12.3 Å². The number of aromatic nitrogens is 3. The fourth-order valence-electron chi connectivity index (χ4n) is 4.50. The van der Waals surface area contributed by atoms with E-state index in [1.807, 2.05) is 53.2 Å². The first-order valence-corrected chi connectivity index (χ1v) is 14.2. The van der Waals surface area contributed by atoms with Crippen molar-refractivity contribution in [2.24, 2.45) is 0 Å². The molecule has 6 rings (SSSR count). The second-order valence-electron chi connectivity index (χ2n) is 9.11. The minimum Gasteiger partial charge on any atom is -0.387 e. The molecular weight excluding hydrogens is 544 g/mol. The summed E-state index contributed by atoms with van der Waals surface area (Å²) in [5.41, 5.74) is 10.5. The highest BCUT2D eigenvalue weighted by Gasteiger charge is 2.24. The number of hydrogen-bond acceptors (Lipinski definition) is 8. The standard InChI is InChI=1S/C29H24N6O3S2/c30-29-33-21-9-8-17(13-23(21)40-29)14-31-27(37)20-7-4-11-35-25(24(34-26(20)35)19-10-12-39-16-19)28(38)32-15-22(36)18-5-2-1-3-6-18/h1-13,16,22,36H,14-15H2,(H2,30,33)(H,31,37)(H,32,38)/t22-/m1/s1. The summed E-state index contributed by atoms with van der Waals surface area (Å²) in [6, 6.07) is 20.2. The number of rotatable bonds is 8. The number of carbonyl (C=O) groups is 2. The van der Waals surface area contributed by atoms with Crippen LogP contribution in [0.15, 0.2) is 83.7 Å². The number of hydrogen-bond donors (Lipinski definition) is 4. The van der Waals surface area contributed by atoms with Crippen molar-refractivity contribution in [2.45, 2.75) is 12.6 Å². The van der Waals surface area contributed by atoms with Gasteiger partial charge in [0.05, 0.1) is 21.9 Å². The molecule has 9 nitrogen and oxygen atoms in total. The number of nitrogen functional groups attached to an aromatic ring is 1. The van der Waals surface area contributed by atoms with E-state index in [9.17, 15) is 14.7 Å². The molecule has 40 heavy (non-hydrogen) atoms. The molecule has 6 aromatic rings. The summed E-state index contributed by atoms with van der Waals surface area (Å²) in [6.45, 7) is 0.325. The molecule has 0 saturated heterocycles. The number of aliphatic hydroxyl groups excluding tert-OH is 1. The lowest BCUT2D eigenvalue weighted by atomic mass is 10.1. The van der Waals surface area contributed by atoms with Gasteiger partial charge in [-0.25, -0.2) is 9.97 Å². The number of imidazole rings is 1. The number of anilines is 1. The van der Waals surface area contributed by atoms with Gasteiger partial charge in [0.25, 0.3) is 11.8 Å². The Bertz CT molecular complexity index is 1830. The molecule has 2 amide bonds. The van der Waals surface area contributed by atoms with E-state index in [0.717, 1.165) is 21.3 Å². The minimum atomic E-state index is -0.865. The van der Waals surface area contributed by atoms with E-state index in [1.165, 1.54) is 22.7 Å². The Morgan fingerprint density at radius 1 is 1.00 bits per heavy atom. The number of amides is 2. The first-order valence-electron chi connectivity index (χ1n) is 12.5. The largest absolute Gasteiger partial charge is 0.387 e. The summed E-state index contributed by atoms with van der Waals surface area (Å²) in [6.07, 6.45) is 0.843. The van der Waals surface area contributed by atoms with Gasteiger partial charge in [-0.05, 0) is 46.8 Å². The highest BCUT2D eigenvalue weighted by Crippen LogP contribution is 2.28. The normalized spacial score (nSPS) is 12.0. The van der Waals surface area contributed by atoms with Crippen LogP contribution in [0.3, 0.4) is 0 Å². The van der Waals surface area contributed by atoms with Crippen LogP contribution < -0.4 is 16.4 Å². The third-order valence-corrected chi connectivity index (χ3v) is 8.00. The molecule has 0 unspecified atom stereocenters. The fraction of sp³-hybridized carbons (Fsp3) is 0.103. The van der Waals surface area contributed by atoms with Crippen LogP contribution in [0.4, 0.5) is 5.13 Å². The van der Waals surface area contributed by atoms with Gasteiger partial charge in [0, 0.05) is 30.2 Å². The lowest BCUT2D eigenvalue weighted by Gasteiger charge is -2.13. The van der Waals surface area contributed by atoms with E-state index in [1.54, 1.807) is 34.9 Å². The molecule has 0 aliphatic carbocycles. The Morgan fingerprint density at radius 3 is 2.65 bits per heavy atom. The maximum atomic E-state index is 13.5. The molecule has 0 aliphatic heterocycles. The number of nitrogens with one attached hydrogen (secondary N) is 2. The number of aliphatic hydroxyl groups is 1. The van der Waals surface area contributed by atoms with Crippen molar-refractivity contribution >= 4 is 55.5 Å². The molecule has 0 fully saturated rings. The summed E-state index contributed by atoms with van der Waals surface area (Å²) in [5.74, 6) is -0.721. The van der Waals surface area contributed by atoms with Crippen molar-refractivity contribution in [3.05, 3.63) is 106 Å². The second kappa shape index (κ2) is 10.9. The van der Waals surface area contributed by atoms with Crippen molar-refractivity contribution in [1.82, 2.24) is 25.0 Å². The predicted molar refractivity (Wildman–Crippen MR) is 157 cm³/mol. The molecule has 0 saturated carbocycles. The lowest BCUT2D eigenvalue weighted by Crippen LogP contribution is -2.30. The quantitative estimate of drug-likeness (QED) is 0.211. The molecule has 0 radical (unpaired) electrons. The van der Waals surface area contributed by atoms with Crippen LogP contribution in [0.5, 0.6) is 0 Å². The van der Waals surface area contributed by atoms with Crippen LogP contribution >= 0.6 is 22.7 Å². The summed E-state index contributed by atoms with van der Waals surface area (Å²) in [4.78, 5) is 35.8. The zero-order chi connectivity index (χ0) is 27.6. The van der Waals surface area contributed by atoms with Crippen LogP contribution in [0.2, 0.25) is 0 Å². The Labute approximate surface area is 237 Å². The maximum absolute atomic E-state index is 13.5. The van der Waals surface area contributed by atoms with E-state index in [2.05, 4.69) is 15.6 Å². The van der Waals surface area contributed by atoms with Crippen molar-refractivity contribution < 1.29 is 14.7 Å². The van der Waals surface area contributed by atoms with E-state index >= 15 is 0 Å². The number of nitrogens with zero attached hydrogens (tertiary/aromatic N) is 3. The van der Waals surface area contributed by atoms with Gasteiger partial charge in [-0.2, -0.15) is 11.3 Å². The number of pyridine rings is 1. The summed E-state index contributed by atoms with van der Waals surface area (Å²) in [7, 11) is 0. The third kappa shape index (κ3) is 5.05. The van der Waals surface area contributed by atoms with Gasteiger partial charge >= 0.3 is 0 Å². The van der Waals surface area contributed by atoms with Gasteiger partial charge in [0.15, 0.2) is 10.8 Å². The van der Waals surface area contributed by atoms with Crippen molar-refractivity contribution in [1.29, 1.82) is 0 Å². The first kappa shape index (κ1) is 25.7. The van der Waals surface area contributed by atoms with Crippen LogP contribution in [0.1, 0.15) is 38.1 Å². The van der Waals surface area contributed by atoms with E-state index in [4.69, 9.17) is 10.7 Å². The summed E-state index contributed by atoms with van der Waals surface area (Å²) < 4.78 is 2.58. The number of carbonyl (C=O) groups excluding carboxylic acids is 2. The zero-order valence-electron chi connectivity index (χ0n) is 21.1. The minimum absolute atomic E-state index is 0.0229. The van der Waals surface area contributed by atoms with Gasteiger partial charge in [-0.15, -0.1) is 0 Å². The molecule has 0 bridgehead atoms. The molecule has 4 aromatic heterocycles. The highest BCUT2D eigenvalue weighted by atomic mass is 32.1. The Kier molecular flexibility index (Phi) is 6.99. The number of fused-ring (bicyclic) bond motifs is 2. The Hall–Kier alpha value is -4.58. The Morgan fingerprint density at radius 2 is 1.85 bits per heavy atom. The third-order valence-electron chi connectivity index (χ3n) is 6.47. The number of nitrogens with two attached hydrogens (primary N) is 1. The summed E-state index contributed by atoms with van der Waals surface area (Å²) >= 11 is 2.88. The first-order chi connectivity index (χ1) is 19.5. The molecule has 0 aliphatic rings. The lowest BCUT2D eigenvalue weighted by molar-refractivity contribution is 0.0909. The van der Waals surface area contributed by atoms with E-state index < -0.39 is 12.0 Å². The van der Waals surface area contributed by atoms with Crippen molar-refractivity contribution in [3.63, 3.8) is 0 Å². The number of thiophene rings is 1. The van der Waals surface area contributed by atoms with Gasteiger partial charge < -0.3 is 21.5 Å². The fourth-order valence-corrected chi connectivity index (χ4v) is 5.94. The monoisotopic (exact) mass is 568 g/mol. The van der Waals surface area contributed by atoms with Crippen LogP contribution in [0.25, 0.3) is 27.1 Å². The maximum Gasteiger partial charge on any atom is 0.270 e. The number of thiazole rings is 1. The van der Waals surface area contributed by atoms with Crippen LogP contribution in [-0.2, 0) is 6.54 Å². The van der Waals surface area contributed by atoms with Crippen molar-refractivity contribution in [3.8, 4) is 11.3 Å². The Balaban J connectivity index is 1.28. The van der Waals surface area contributed by atoms with Gasteiger partial charge in [0.1, 0.15) is 11.4 Å². The molecule has 4 heterocycles. The molecule has 2 aromatic carbocycles. The van der Waals surface area contributed by atoms with E-state index in [-0.39, 0.29) is 18.1 Å². The van der Waals surface area contributed by atoms with Gasteiger partial charge in [0.2, 0.25) is 0 Å². The van der Waals surface area contributed by atoms with Gasteiger partial charge in [-0.3, -0.25) is 14.0 Å². The molecule has 11 heteroatoms. The topological polar surface area (TPSA) is 135 Å². The smallest absolute Gasteiger partial charge is 0.270 e.